The Bertz CT molecular complexity index is 536. The van der Waals surface area contributed by atoms with E-state index < -0.39 is 0 Å². The molecule has 3 rings (SSSR count). The first-order valence-corrected chi connectivity index (χ1v) is 9.00. The van der Waals surface area contributed by atoms with Gasteiger partial charge in [-0.15, -0.1) is 0 Å². The van der Waals surface area contributed by atoms with Gasteiger partial charge in [-0.1, -0.05) is 25.1 Å². The second kappa shape index (κ2) is 6.03. The van der Waals surface area contributed by atoms with Crippen LogP contribution in [0.5, 0.6) is 0 Å². The van der Waals surface area contributed by atoms with Crippen LogP contribution in [0.2, 0.25) is 0 Å². The molecule has 21 heavy (non-hydrogen) atoms. The maximum atomic E-state index is 12.5. The number of hydrogen-bond donors (Lipinski definition) is 0. The molecule has 1 saturated heterocycles. The summed E-state index contributed by atoms with van der Waals surface area (Å²) in [6.07, 6.45) is 5.72. The van der Waals surface area contributed by atoms with Gasteiger partial charge in [-0.2, -0.15) is 0 Å². The van der Waals surface area contributed by atoms with Crippen molar-refractivity contribution in [2.75, 3.05) is 6.54 Å². The molecule has 0 unspecified atom stereocenters. The molecule has 2 heterocycles. The number of amides is 1. The average molecular weight is 307 g/mol. The number of thioether (sulfide) groups is 1. The van der Waals surface area contributed by atoms with E-state index in [0.29, 0.717) is 11.9 Å². The highest BCUT2D eigenvalue weighted by molar-refractivity contribution is 8.00. The number of aromatic nitrogens is 2. The summed E-state index contributed by atoms with van der Waals surface area (Å²) in [5.41, 5.74) is 2.34. The normalized spacial score (nSPS) is 22.3. The molecule has 1 aromatic heterocycles. The Hall–Kier alpha value is -0.970. The van der Waals surface area contributed by atoms with Gasteiger partial charge < -0.3 is 9.47 Å². The number of rotatable bonds is 6. The highest BCUT2D eigenvalue weighted by atomic mass is 32.2. The number of imidazole rings is 1. The molecule has 1 saturated carbocycles. The van der Waals surface area contributed by atoms with Gasteiger partial charge in [0, 0.05) is 24.8 Å². The standard InChI is InChI=1S/C16H25N3OS/c1-4-5-9-18-12(3)11(2)17-16(18)21-14-8-10-19(15(14)20)13-6-7-13/h13-14H,4-10H2,1-3H3/t14-/m1/s1. The van der Waals surface area contributed by atoms with Gasteiger partial charge in [-0.25, -0.2) is 4.98 Å². The van der Waals surface area contributed by atoms with Gasteiger partial charge in [0.1, 0.15) is 0 Å². The van der Waals surface area contributed by atoms with Crippen LogP contribution in [-0.4, -0.2) is 38.2 Å². The third kappa shape index (κ3) is 2.98. The molecule has 1 aliphatic carbocycles. The van der Waals surface area contributed by atoms with Crippen LogP contribution >= 0.6 is 11.8 Å². The first-order chi connectivity index (χ1) is 10.1. The molecule has 0 spiro atoms. The molecule has 1 amide bonds. The third-order valence-electron chi connectivity index (χ3n) is 4.58. The number of likely N-dealkylation sites (tertiary alicyclic amines) is 1. The van der Waals surface area contributed by atoms with Crippen molar-refractivity contribution in [2.45, 2.75) is 75.9 Å². The monoisotopic (exact) mass is 307 g/mol. The zero-order valence-corrected chi connectivity index (χ0v) is 14.1. The van der Waals surface area contributed by atoms with E-state index in [0.717, 1.165) is 36.8 Å². The van der Waals surface area contributed by atoms with E-state index in [4.69, 9.17) is 4.98 Å². The van der Waals surface area contributed by atoms with Crippen LogP contribution in [0.25, 0.3) is 0 Å². The fourth-order valence-corrected chi connectivity index (χ4v) is 4.21. The van der Waals surface area contributed by atoms with Crippen molar-refractivity contribution in [3.63, 3.8) is 0 Å². The maximum Gasteiger partial charge on any atom is 0.236 e. The van der Waals surface area contributed by atoms with E-state index in [1.165, 1.54) is 25.0 Å². The van der Waals surface area contributed by atoms with Crippen molar-refractivity contribution in [3.8, 4) is 0 Å². The molecular formula is C16H25N3OS. The van der Waals surface area contributed by atoms with Gasteiger partial charge in [0.05, 0.1) is 10.9 Å². The first-order valence-electron chi connectivity index (χ1n) is 8.12. The predicted octanol–water partition coefficient (Wildman–Crippen LogP) is 3.16. The summed E-state index contributed by atoms with van der Waals surface area (Å²) in [5.74, 6) is 0.336. The molecule has 1 atom stereocenters. The zero-order valence-electron chi connectivity index (χ0n) is 13.3. The Morgan fingerprint density at radius 3 is 2.71 bits per heavy atom. The van der Waals surface area contributed by atoms with E-state index in [-0.39, 0.29) is 5.25 Å². The SMILES string of the molecule is CCCCn1c(S[C@@H]2CCN(C3CC3)C2=O)nc(C)c1C. The summed E-state index contributed by atoms with van der Waals surface area (Å²) in [7, 11) is 0. The minimum Gasteiger partial charge on any atom is -0.339 e. The molecule has 5 heteroatoms. The lowest BCUT2D eigenvalue weighted by Crippen LogP contribution is -2.30. The minimum atomic E-state index is 0.0761. The third-order valence-corrected chi connectivity index (χ3v) is 5.83. The number of aryl methyl sites for hydroxylation is 1. The predicted molar refractivity (Wildman–Crippen MR) is 85.6 cm³/mol. The Kier molecular flexibility index (Phi) is 4.29. The van der Waals surface area contributed by atoms with Crippen molar-refractivity contribution < 1.29 is 4.79 Å². The van der Waals surface area contributed by atoms with Crippen molar-refractivity contribution >= 4 is 17.7 Å². The van der Waals surface area contributed by atoms with Crippen LogP contribution in [0.1, 0.15) is 50.4 Å². The minimum absolute atomic E-state index is 0.0761. The van der Waals surface area contributed by atoms with E-state index >= 15 is 0 Å². The summed E-state index contributed by atoms with van der Waals surface area (Å²) in [6.45, 7) is 8.36. The number of hydrogen-bond acceptors (Lipinski definition) is 3. The van der Waals surface area contributed by atoms with Crippen molar-refractivity contribution in [3.05, 3.63) is 11.4 Å². The number of unbranched alkanes of at least 4 members (excludes halogenated alkanes) is 1. The molecule has 0 aromatic carbocycles. The van der Waals surface area contributed by atoms with Crippen LogP contribution in [-0.2, 0) is 11.3 Å². The van der Waals surface area contributed by atoms with E-state index in [1.807, 2.05) is 0 Å². The number of carbonyl (C=O) groups excluding carboxylic acids is 1. The number of carbonyl (C=O) groups is 1. The quantitative estimate of drug-likeness (QED) is 0.810. The summed E-state index contributed by atoms with van der Waals surface area (Å²) >= 11 is 1.68. The van der Waals surface area contributed by atoms with Gasteiger partial charge >= 0.3 is 0 Å². The van der Waals surface area contributed by atoms with E-state index in [1.54, 1.807) is 11.8 Å². The molecule has 4 nitrogen and oxygen atoms in total. The molecule has 0 N–H and O–H groups in total. The molecule has 116 valence electrons. The van der Waals surface area contributed by atoms with Crippen LogP contribution in [0.3, 0.4) is 0 Å². The lowest BCUT2D eigenvalue weighted by molar-refractivity contribution is -0.127. The second-order valence-electron chi connectivity index (χ2n) is 6.23. The van der Waals surface area contributed by atoms with E-state index in [2.05, 4.69) is 30.2 Å². The Labute approximate surface area is 131 Å². The first kappa shape index (κ1) is 14.9. The Morgan fingerprint density at radius 1 is 1.29 bits per heavy atom. The molecular weight excluding hydrogens is 282 g/mol. The number of nitrogens with zero attached hydrogens (tertiary/aromatic N) is 3. The van der Waals surface area contributed by atoms with Gasteiger partial charge in [0.15, 0.2) is 5.16 Å². The fraction of sp³-hybridized carbons (Fsp3) is 0.750. The molecule has 2 fully saturated rings. The average Bonchev–Trinajstić information content (AvgIpc) is 3.19. The molecule has 2 aliphatic rings. The van der Waals surface area contributed by atoms with Crippen LogP contribution < -0.4 is 0 Å². The summed E-state index contributed by atoms with van der Waals surface area (Å²) < 4.78 is 2.30. The van der Waals surface area contributed by atoms with Gasteiger partial charge in [0.2, 0.25) is 5.91 Å². The lowest BCUT2D eigenvalue weighted by atomic mass is 10.3. The van der Waals surface area contributed by atoms with Crippen molar-refractivity contribution in [2.24, 2.45) is 0 Å². The summed E-state index contributed by atoms with van der Waals surface area (Å²) in [4.78, 5) is 19.3. The largest absolute Gasteiger partial charge is 0.339 e. The fourth-order valence-electron chi connectivity index (χ4n) is 2.95. The highest BCUT2D eigenvalue weighted by Gasteiger charge is 2.41. The topological polar surface area (TPSA) is 38.1 Å². The molecule has 1 aliphatic heterocycles. The van der Waals surface area contributed by atoms with Crippen LogP contribution in [0, 0.1) is 13.8 Å². The summed E-state index contributed by atoms with van der Waals surface area (Å²) in [5, 5.41) is 1.11. The Morgan fingerprint density at radius 2 is 2.05 bits per heavy atom. The summed E-state index contributed by atoms with van der Waals surface area (Å²) in [6, 6.07) is 0.548. The van der Waals surface area contributed by atoms with Crippen LogP contribution in [0.4, 0.5) is 0 Å². The maximum absolute atomic E-state index is 12.5. The lowest BCUT2D eigenvalue weighted by Gasteiger charge is -2.15. The molecule has 0 radical (unpaired) electrons. The smallest absolute Gasteiger partial charge is 0.236 e. The van der Waals surface area contributed by atoms with Crippen molar-refractivity contribution in [1.82, 2.24) is 14.5 Å². The zero-order chi connectivity index (χ0) is 15.0. The van der Waals surface area contributed by atoms with Gasteiger partial charge in [0.25, 0.3) is 0 Å². The second-order valence-corrected chi connectivity index (χ2v) is 7.40. The van der Waals surface area contributed by atoms with Crippen molar-refractivity contribution in [1.29, 1.82) is 0 Å². The molecule has 1 aromatic rings. The highest BCUT2D eigenvalue weighted by Crippen LogP contribution is 2.37. The van der Waals surface area contributed by atoms with Gasteiger partial charge in [-0.3, -0.25) is 4.79 Å². The van der Waals surface area contributed by atoms with Gasteiger partial charge in [-0.05, 0) is 39.5 Å². The van der Waals surface area contributed by atoms with E-state index in [9.17, 15) is 4.79 Å². The van der Waals surface area contributed by atoms with Crippen LogP contribution in [0.15, 0.2) is 5.16 Å². The molecule has 0 bridgehead atoms. The Balaban J connectivity index is 1.72.